The fourth-order valence-electron chi connectivity index (χ4n) is 3.15. The van der Waals surface area contributed by atoms with Gasteiger partial charge in [0.15, 0.2) is 9.84 Å². The lowest BCUT2D eigenvalue weighted by molar-refractivity contribution is 0.102. The van der Waals surface area contributed by atoms with Gasteiger partial charge in [0.05, 0.1) is 16.3 Å². The van der Waals surface area contributed by atoms with Crippen molar-refractivity contribution in [3.8, 4) is 11.3 Å². The maximum absolute atomic E-state index is 12.6. The zero-order valence-corrected chi connectivity index (χ0v) is 17.7. The minimum atomic E-state index is -3.46. The van der Waals surface area contributed by atoms with Gasteiger partial charge < -0.3 is 5.32 Å². The number of amides is 1. The van der Waals surface area contributed by atoms with E-state index in [4.69, 9.17) is 0 Å². The Labute approximate surface area is 184 Å². The summed E-state index contributed by atoms with van der Waals surface area (Å²) < 4.78 is 25.1. The number of nitrogens with one attached hydrogen (secondary N) is 2. The largest absolute Gasteiger partial charge is 0.322 e. The maximum Gasteiger partial charge on any atom is 0.264 e. The molecule has 0 saturated heterocycles. The molecule has 1 heterocycles. The molecular weight excluding hydrogens is 426 g/mol. The third-order valence-electron chi connectivity index (χ3n) is 4.77. The van der Waals surface area contributed by atoms with Gasteiger partial charge in [0.1, 0.15) is 0 Å². The van der Waals surface area contributed by atoms with E-state index in [1.165, 1.54) is 6.07 Å². The molecule has 0 unspecified atom stereocenters. The molecule has 0 aliphatic rings. The van der Waals surface area contributed by atoms with Crippen molar-refractivity contribution in [2.24, 2.45) is 0 Å². The fraction of sp³-hybridized carbons (Fsp3) is 0.0417. The van der Waals surface area contributed by atoms with Gasteiger partial charge in [-0.2, -0.15) is 5.10 Å². The Morgan fingerprint density at radius 2 is 1.62 bits per heavy atom. The Morgan fingerprint density at radius 1 is 0.875 bits per heavy atom. The molecule has 0 fully saturated rings. The molecule has 0 bridgehead atoms. The molecule has 8 heteroatoms. The summed E-state index contributed by atoms with van der Waals surface area (Å²) in [6, 6.07) is 24.8. The molecule has 32 heavy (non-hydrogen) atoms. The average Bonchev–Trinajstić information content (AvgIpc) is 2.80. The highest BCUT2D eigenvalue weighted by atomic mass is 32.2. The molecular formula is C24H19N3O4S. The van der Waals surface area contributed by atoms with Crippen molar-refractivity contribution < 1.29 is 13.2 Å². The summed E-state index contributed by atoms with van der Waals surface area (Å²) >= 11 is 0. The molecule has 0 atom stereocenters. The number of anilines is 1. The summed E-state index contributed by atoms with van der Waals surface area (Å²) in [5.41, 5.74) is 2.58. The van der Waals surface area contributed by atoms with E-state index in [2.05, 4.69) is 15.5 Å². The quantitative estimate of drug-likeness (QED) is 0.471. The number of hydrogen-bond acceptors (Lipinski definition) is 5. The second-order valence-electron chi connectivity index (χ2n) is 7.11. The molecule has 0 radical (unpaired) electrons. The van der Waals surface area contributed by atoms with Gasteiger partial charge in [-0.05, 0) is 48.0 Å². The van der Waals surface area contributed by atoms with Crippen LogP contribution in [0.4, 0.5) is 5.69 Å². The summed E-state index contributed by atoms with van der Waals surface area (Å²) in [6.45, 7) is 0. The Bertz CT molecular complexity index is 1390. The monoisotopic (exact) mass is 445 g/mol. The van der Waals surface area contributed by atoms with Crippen LogP contribution in [0.15, 0.2) is 101 Å². The highest BCUT2D eigenvalue weighted by Crippen LogP contribution is 2.21. The molecule has 0 saturated carbocycles. The van der Waals surface area contributed by atoms with E-state index in [0.717, 1.165) is 5.56 Å². The van der Waals surface area contributed by atoms with Crippen molar-refractivity contribution in [3.63, 3.8) is 0 Å². The van der Waals surface area contributed by atoms with Gasteiger partial charge >= 0.3 is 0 Å². The Balaban J connectivity index is 1.46. The molecule has 2 N–H and O–H groups in total. The molecule has 7 nitrogen and oxygen atoms in total. The zero-order valence-electron chi connectivity index (χ0n) is 16.9. The van der Waals surface area contributed by atoms with Crippen LogP contribution in [0.25, 0.3) is 11.3 Å². The third kappa shape index (κ3) is 4.98. The van der Waals surface area contributed by atoms with Gasteiger partial charge in [0.2, 0.25) is 0 Å². The first-order valence-electron chi connectivity index (χ1n) is 9.75. The number of nitrogens with zero attached hydrogens (tertiary/aromatic N) is 1. The van der Waals surface area contributed by atoms with Crippen LogP contribution in [-0.2, 0) is 15.6 Å². The summed E-state index contributed by atoms with van der Waals surface area (Å²) in [7, 11) is -3.46. The number of carbonyl (C=O) groups is 1. The molecule has 1 amide bonds. The Kier molecular flexibility index (Phi) is 5.96. The normalized spacial score (nSPS) is 11.1. The van der Waals surface area contributed by atoms with Crippen LogP contribution in [0, 0.1) is 0 Å². The minimum absolute atomic E-state index is 0.146. The van der Waals surface area contributed by atoms with Crippen LogP contribution < -0.4 is 10.9 Å². The van der Waals surface area contributed by atoms with Crippen LogP contribution in [0.3, 0.4) is 0 Å². The number of benzene rings is 3. The topological polar surface area (TPSA) is 109 Å². The smallest absolute Gasteiger partial charge is 0.264 e. The van der Waals surface area contributed by atoms with Crippen molar-refractivity contribution in [1.29, 1.82) is 0 Å². The van der Waals surface area contributed by atoms with Crippen LogP contribution in [0.1, 0.15) is 15.9 Å². The van der Waals surface area contributed by atoms with E-state index in [9.17, 15) is 18.0 Å². The molecule has 0 aliphatic carbocycles. The lowest BCUT2D eigenvalue weighted by Gasteiger charge is -2.08. The number of hydrogen-bond donors (Lipinski definition) is 2. The lowest BCUT2D eigenvalue weighted by atomic mass is 10.1. The second-order valence-corrected chi connectivity index (χ2v) is 9.10. The van der Waals surface area contributed by atoms with Crippen molar-refractivity contribution in [2.75, 3.05) is 5.32 Å². The van der Waals surface area contributed by atoms with E-state index in [1.54, 1.807) is 78.9 Å². The molecule has 0 spiro atoms. The minimum Gasteiger partial charge on any atom is -0.322 e. The molecule has 4 aromatic rings. The number of aromatic amines is 1. The van der Waals surface area contributed by atoms with Crippen molar-refractivity contribution in [3.05, 3.63) is 112 Å². The summed E-state index contributed by atoms with van der Waals surface area (Å²) in [6.07, 6.45) is 0. The van der Waals surface area contributed by atoms with Crippen LogP contribution >= 0.6 is 0 Å². The van der Waals surface area contributed by atoms with Gasteiger partial charge in [-0.25, -0.2) is 13.5 Å². The number of sulfone groups is 1. The van der Waals surface area contributed by atoms with Crippen LogP contribution in [0.2, 0.25) is 0 Å². The van der Waals surface area contributed by atoms with E-state index in [-0.39, 0.29) is 22.1 Å². The maximum atomic E-state index is 12.6. The third-order valence-corrected chi connectivity index (χ3v) is 6.47. The molecule has 1 aromatic heterocycles. The van der Waals surface area contributed by atoms with Crippen molar-refractivity contribution >= 4 is 21.4 Å². The lowest BCUT2D eigenvalue weighted by Crippen LogP contribution is -2.12. The highest BCUT2D eigenvalue weighted by molar-refractivity contribution is 7.90. The molecule has 3 aromatic carbocycles. The number of aromatic nitrogens is 2. The SMILES string of the molecule is O=C(Nc1cccc(-c2ccc(=O)[nH]n2)c1)c1ccc(CS(=O)(=O)c2ccccc2)cc1. The van der Waals surface area contributed by atoms with E-state index in [1.807, 2.05) is 6.07 Å². The molecule has 0 aliphatic heterocycles. The van der Waals surface area contributed by atoms with Gasteiger partial charge in [0, 0.05) is 22.9 Å². The summed E-state index contributed by atoms with van der Waals surface area (Å²) in [5, 5.41) is 9.19. The van der Waals surface area contributed by atoms with E-state index in [0.29, 0.717) is 22.5 Å². The Morgan fingerprint density at radius 3 is 2.31 bits per heavy atom. The van der Waals surface area contributed by atoms with Gasteiger partial charge in [-0.15, -0.1) is 0 Å². The average molecular weight is 446 g/mol. The standard InChI is InChI=1S/C24H19N3O4S/c28-23-14-13-22(26-27-23)19-5-4-6-20(15-19)25-24(29)18-11-9-17(10-12-18)16-32(30,31)21-7-2-1-3-8-21/h1-15H,16H2,(H,25,29)(H,27,28). The van der Waals surface area contributed by atoms with E-state index < -0.39 is 9.84 Å². The zero-order chi connectivity index (χ0) is 22.6. The summed E-state index contributed by atoms with van der Waals surface area (Å²) in [4.78, 5) is 24.1. The molecule has 160 valence electrons. The fourth-order valence-corrected chi connectivity index (χ4v) is 4.52. The van der Waals surface area contributed by atoms with Crippen molar-refractivity contribution in [1.82, 2.24) is 10.2 Å². The van der Waals surface area contributed by atoms with Crippen molar-refractivity contribution in [2.45, 2.75) is 10.6 Å². The Hall–Kier alpha value is -4.04. The predicted molar refractivity (Wildman–Crippen MR) is 122 cm³/mol. The number of H-pyrrole nitrogens is 1. The molecule has 4 rings (SSSR count). The second kappa shape index (κ2) is 8.99. The highest BCUT2D eigenvalue weighted by Gasteiger charge is 2.15. The van der Waals surface area contributed by atoms with Crippen LogP contribution in [0.5, 0.6) is 0 Å². The van der Waals surface area contributed by atoms with Crippen LogP contribution in [-0.4, -0.2) is 24.5 Å². The first kappa shape index (κ1) is 21.2. The first-order chi connectivity index (χ1) is 15.4. The summed E-state index contributed by atoms with van der Waals surface area (Å²) in [5.74, 6) is -0.471. The van der Waals surface area contributed by atoms with E-state index >= 15 is 0 Å². The number of rotatable bonds is 6. The first-order valence-corrected chi connectivity index (χ1v) is 11.4. The van der Waals surface area contributed by atoms with Gasteiger partial charge in [-0.1, -0.05) is 42.5 Å². The number of carbonyl (C=O) groups excluding carboxylic acids is 1. The van der Waals surface area contributed by atoms with Gasteiger partial charge in [-0.3, -0.25) is 9.59 Å². The van der Waals surface area contributed by atoms with Gasteiger partial charge in [0.25, 0.3) is 11.5 Å². The predicted octanol–water partition coefficient (Wildman–Crippen LogP) is 3.66.